The van der Waals surface area contributed by atoms with Gasteiger partial charge in [0.05, 0.1) is 0 Å². The van der Waals surface area contributed by atoms with E-state index in [-0.39, 0.29) is 22.7 Å². The zero-order valence-electron chi connectivity index (χ0n) is 4.75. The van der Waals surface area contributed by atoms with E-state index in [9.17, 15) is 0 Å². The highest BCUT2D eigenvalue weighted by Crippen LogP contribution is 2.03. The van der Waals surface area contributed by atoms with Crippen molar-refractivity contribution in [3.8, 4) is 0 Å². The highest BCUT2D eigenvalue weighted by atomic mass is 35.5. The summed E-state index contributed by atoms with van der Waals surface area (Å²) in [5.74, 6) is 0. The molecule has 0 amide bonds. The molecule has 0 saturated heterocycles. The van der Waals surface area contributed by atoms with Gasteiger partial charge in [-0.15, -0.1) is 0 Å². The molecule has 0 atom stereocenters. The Kier molecular flexibility index (Phi) is 2.24. The number of aliphatic imine (C=N–C) groups is 2. The van der Waals surface area contributed by atoms with Crippen molar-refractivity contribution >= 4 is 39.3 Å². The van der Waals surface area contributed by atoms with Crippen LogP contribution in [0, 0.1) is 0 Å². The highest BCUT2D eigenvalue weighted by Gasteiger charge is 2.15. The van der Waals surface area contributed by atoms with Crippen LogP contribution in [0.15, 0.2) is 15.1 Å². The maximum atomic E-state index is 8.29. The lowest BCUT2D eigenvalue weighted by Crippen LogP contribution is -2.20. The molecule has 54 valence electrons. The Balaban J connectivity index is 2.95. The minimum absolute atomic E-state index is 0.0228. The van der Waals surface area contributed by atoms with Crippen LogP contribution in [0.2, 0.25) is 0 Å². The SMILES string of the molecule is ON=C1C(Cl)=NCN=C1Cl. The topological polar surface area (TPSA) is 57.3 Å². The molecule has 1 heterocycles. The molecule has 10 heavy (non-hydrogen) atoms. The fraction of sp³-hybridized carbons (Fsp3) is 0.250. The first-order valence-electron chi connectivity index (χ1n) is 2.38. The summed E-state index contributed by atoms with van der Waals surface area (Å²) in [6.07, 6.45) is 0. The monoisotopic (exact) mass is 179 g/mol. The van der Waals surface area contributed by atoms with Gasteiger partial charge in [0.2, 0.25) is 0 Å². The molecular formula is C4H3Cl2N3O. The van der Waals surface area contributed by atoms with E-state index in [4.69, 9.17) is 28.4 Å². The van der Waals surface area contributed by atoms with Crippen LogP contribution in [-0.2, 0) is 0 Å². The summed E-state index contributed by atoms with van der Waals surface area (Å²) < 4.78 is 0. The highest BCUT2D eigenvalue weighted by molar-refractivity contribution is 7.03. The Morgan fingerprint density at radius 1 is 1.30 bits per heavy atom. The molecule has 0 spiro atoms. The van der Waals surface area contributed by atoms with Crippen molar-refractivity contribution in [3.63, 3.8) is 0 Å². The molecule has 0 aromatic heterocycles. The van der Waals surface area contributed by atoms with Crippen LogP contribution in [0.5, 0.6) is 0 Å². The number of oxime groups is 1. The van der Waals surface area contributed by atoms with Crippen molar-refractivity contribution in [3.05, 3.63) is 0 Å². The Hall–Kier alpha value is -0.610. The Morgan fingerprint density at radius 2 is 1.80 bits per heavy atom. The summed E-state index contributed by atoms with van der Waals surface area (Å²) in [6.45, 7) is 0.191. The van der Waals surface area contributed by atoms with E-state index < -0.39 is 0 Å². The maximum absolute atomic E-state index is 8.29. The van der Waals surface area contributed by atoms with Crippen LogP contribution in [0.1, 0.15) is 0 Å². The quantitative estimate of drug-likeness (QED) is 0.439. The zero-order chi connectivity index (χ0) is 7.56. The van der Waals surface area contributed by atoms with E-state index >= 15 is 0 Å². The molecule has 6 heteroatoms. The number of hydrogen-bond donors (Lipinski definition) is 1. The van der Waals surface area contributed by atoms with Gasteiger partial charge < -0.3 is 5.21 Å². The minimum Gasteiger partial charge on any atom is -0.410 e. The normalized spacial score (nSPS) is 18.0. The van der Waals surface area contributed by atoms with E-state index in [0.29, 0.717) is 0 Å². The second kappa shape index (κ2) is 2.98. The van der Waals surface area contributed by atoms with E-state index in [2.05, 4.69) is 15.1 Å². The van der Waals surface area contributed by atoms with Crippen LogP contribution in [-0.4, -0.2) is 27.9 Å². The van der Waals surface area contributed by atoms with Crippen LogP contribution in [0.25, 0.3) is 0 Å². The molecule has 1 aliphatic rings. The van der Waals surface area contributed by atoms with Gasteiger partial charge in [0, 0.05) is 0 Å². The van der Waals surface area contributed by atoms with Gasteiger partial charge in [0.1, 0.15) is 6.67 Å². The van der Waals surface area contributed by atoms with Gasteiger partial charge in [0.15, 0.2) is 16.1 Å². The molecule has 1 rings (SSSR count). The summed E-state index contributed by atoms with van der Waals surface area (Å²) in [4.78, 5) is 7.30. The molecule has 0 radical (unpaired) electrons. The molecule has 0 aromatic rings. The Labute approximate surface area is 66.9 Å². The van der Waals surface area contributed by atoms with Crippen molar-refractivity contribution in [2.45, 2.75) is 0 Å². The van der Waals surface area contributed by atoms with Crippen molar-refractivity contribution < 1.29 is 5.21 Å². The van der Waals surface area contributed by atoms with Gasteiger partial charge in [-0.1, -0.05) is 28.4 Å². The largest absolute Gasteiger partial charge is 0.410 e. The fourth-order valence-electron chi connectivity index (χ4n) is 0.477. The molecule has 0 unspecified atom stereocenters. The summed E-state index contributed by atoms with van der Waals surface area (Å²) in [5.41, 5.74) is 0.0228. The number of nitrogens with zero attached hydrogens (tertiary/aromatic N) is 3. The van der Waals surface area contributed by atoms with Crippen molar-refractivity contribution in [1.29, 1.82) is 0 Å². The second-order valence-corrected chi connectivity index (χ2v) is 2.20. The minimum atomic E-state index is 0.0228. The van der Waals surface area contributed by atoms with Crippen molar-refractivity contribution in [2.24, 2.45) is 15.1 Å². The fourth-order valence-corrected chi connectivity index (χ4v) is 0.887. The van der Waals surface area contributed by atoms with Gasteiger partial charge >= 0.3 is 0 Å². The second-order valence-electron chi connectivity index (χ2n) is 1.49. The van der Waals surface area contributed by atoms with Gasteiger partial charge in [-0.05, 0) is 0 Å². The summed E-state index contributed by atoms with van der Waals surface area (Å²) in [6, 6.07) is 0. The van der Waals surface area contributed by atoms with Crippen LogP contribution in [0.3, 0.4) is 0 Å². The average molecular weight is 180 g/mol. The van der Waals surface area contributed by atoms with E-state index in [0.717, 1.165) is 0 Å². The smallest absolute Gasteiger partial charge is 0.176 e. The lowest BCUT2D eigenvalue weighted by atomic mass is 10.4. The number of rotatable bonds is 0. The predicted octanol–water partition coefficient (Wildman–Crippen LogP) is 1.06. The standard InChI is InChI=1S/C4H3Cl2N3O/c5-3-2(9-10)4(6)8-1-7-3/h10H,1H2. The van der Waals surface area contributed by atoms with Gasteiger partial charge in [0.25, 0.3) is 0 Å². The molecular weight excluding hydrogens is 177 g/mol. The van der Waals surface area contributed by atoms with E-state index in [1.165, 1.54) is 0 Å². The third-order valence-corrected chi connectivity index (χ3v) is 1.51. The summed E-state index contributed by atoms with van der Waals surface area (Å²) in [7, 11) is 0. The van der Waals surface area contributed by atoms with Crippen molar-refractivity contribution in [1.82, 2.24) is 0 Å². The van der Waals surface area contributed by atoms with Gasteiger partial charge in [-0.2, -0.15) is 0 Å². The van der Waals surface area contributed by atoms with Gasteiger partial charge in [-0.25, -0.2) is 9.98 Å². The molecule has 4 nitrogen and oxygen atoms in total. The molecule has 0 fully saturated rings. The van der Waals surface area contributed by atoms with E-state index in [1.807, 2.05) is 0 Å². The molecule has 1 N–H and O–H groups in total. The first-order valence-corrected chi connectivity index (χ1v) is 3.14. The first-order chi connectivity index (χ1) is 4.75. The van der Waals surface area contributed by atoms with Gasteiger partial charge in [-0.3, -0.25) is 0 Å². The Morgan fingerprint density at radius 3 is 2.10 bits per heavy atom. The third-order valence-electron chi connectivity index (χ3n) is 0.910. The summed E-state index contributed by atoms with van der Waals surface area (Å²) in [5, 5.41) is 11.3. The lowest BCUT2D eigenvalue weighted by molar-refractivity contribution is 0.321. The average Bonchev–Trinajstić information content (AvgIpc) is 1.88. The Bertz CT molecular complexity index is 213. The van der Waals surface area contributed by atoms with Crippen LogP contribution >= 0.6 is 23.2 Å². The van der Waals surface area contributed by atoms with Crippen LogP contribution in [0.4, 0.5) is 0 Å². The summed E-state index contributed by atoms with van der Waals surface area (Å²) >= 11 is 10.9. The molecule has 0 saturated carbocycles. The first kappa shape index (κ1) is 7.50. The predicted molar refractivity (Wildman–Crippen MR) is 40.7 cm³/mol. The zero-order valence-corrected chi connectivity index (χ0v) is 6.26. The van der Waals surface area contributed by atoms with Crippen molar-refractivity contribution in [2.75, 3.05) is 6.67 Å². The lowest BCUT2D eigenvalue weighted by Gasteiger charge is -2.03. The maximum Gasteiger partial charge on any atom is 0.176 e. The molecule has 0 aliphatic carbocycles. The molecule has 0 bridgehead atoms. The number of halogens is 2. The molecule has 0 aromatic carbocycles. The third kappa shape index (κ3) is 1.27. The molecule has 1 aliphatic heterocycles. The van der Waals surface area contributed by atoms with E-state index in [1.54, 1.807) is 0 Å². The number of hydrogen-bond acceptors (Lipinski definition) is 4. The van der Waals surface area contributed by atoms with Crippen LogP contribution < -0.4 is 0 Å².